The minimum Gasteiger partial charge on any atom is -0.269 e. The SMILES string of the molecule is CC(C)CC1CCCN1N. The highest BCUT2D eigenvalue weighted by molar-refractivity contribution is 4.75. The molecule has 1 fully saturated rings. The summed E-state index contributed by atoms with van der Waals surface area (Å²) in [6.45, 7) is 5.61. The monoisotopic (exact) mass is 142 g/mol. The molecule has 0 aromatic heterocycles. The Morgan fingerprint density at radius 1 is 1.60 bits per heavy atom. The Labute approximate surface area is 63.4 Å². The summed E-state index contributed by atoms with van der Waals surface area (Å²) >= 11 is 0. The maximum absolute atomic E-state index is 5.76. The first-order chi connectivity index (χ1) is 4.70. The molecule has 1 atom stereocenters. The van der Waals surface area contributed by atoms with Crippen LogP contribution in [0.4, 0.5) is 0 Å². The van der Waals surface area contributed by atoms with Crippen LogP contribution >= 0.6 is 0 Å². The van der Waals surface area contributed by atoms with E-state index in [-0.39, 0.29) is 0 Å². The molecule has 2 N–H and O–H groups in total. The molecule has 1 aliphatic heterocycles. The molecular weight excluding hydrogens is 124 g/mol. The van der Waals surface area contributed by atoms with E-state index in [9.17, 15) is 0 Å². The summed E-state index contributed by atoms with van der Waals surface area (Å²) in [5.41, 5.74) is 0. The van der Waals surface area contributed by atoms with Crippen molar-refractivity contribution in [3.63, 3.8) is 0 Å². The predicted molar refractivity (Wildman–Crippen MR) is 43.4 cm³/mol. The molecule has 0 radical (unpaired) electrons. The third-order valence-electron chi connectivity index (χ3n) is 2.17. The summed E-state index contributed by atoms with van der Waals surface area (Å²) in [5, 5.41) is 2.00. The van der Waals surface area contributed by atoms with Gasteiger partial charge in [-0.15, -0.1) is 0 Å². The normalized spacial score (nSPS) is 28.2. The van der Waals surface area contributed by atoms with Gasteiger partial charge in [0.25, 0.3) is 0 Å². The quantitative estimate of drug-likeness (QED) is 0.590. The van der Waals surface area contributed by atoms with E-state index in [0.717, 1.165) is 12.5 Å². The molecule has 2 nitrogen and oxygen atoms in total. The molecule has 0 bridgehead atoms. The number of rotatable bonds is 2. The minimum atomic E-state index is 0.667. The lowest BCUT2D eigenvalue weighted by atomic mass is 10.0. The van der Waals surface area contributed by atoms with Crippen molar-refractivity contribution in [3.8, 4) is 0 Å². The van der Waals surface area contributed by atoms with Crippen molar-refractivity contribution >= 4 is 0 Å². The largest absolute Gasteiger partial charge is 0.269 e. The number of hydrazine groups is 1. The second-order valence-electron chi connectivity index (χ2n) is 3.66. The van der Waals surface area contributed by atoms with E-state index in [0.29, 0.717) is 6.04 Å². The Hall–Kier alpha value is -0.0800. The van der Waals surface area contributed by atoms with E-state index in [1.54, 1.807) is 0 Å². The lowest BCUT2D eigenvalue weighted by Gasteiger charge is -2.20. The second-order valence-corrected chi connectivity index (χ2v) is 3.66. The first-order valence-corrected chi connectivity index (χ1v) is 4.21. The van der Waals surface area contributed by atoms with Crippen molar-refractivity contribution in [1.29, 1.82) is 0 Å². The molecule has 60 valence electrons. The Morgan fingerprint density at radius 3 is 2.70 bits per heavy atom. The fourth-order valence-electron chi connectivity index (χ4n) is 1.66. The van der Waals surface area contributed by atoms with Crippen molar-refractivity contribution in [2.45, 2.75) is 39.2 Å². The first kappa shape index (κ1) is 8.02. The van der Waals surface area contributed by atoms with Crippen molar-refractivity contribution in [3.05, 3.63) is 0 Å². The van der Waals surface area contributed by atoms with Gasteiger partial charge >= 0.3 is 0 Å². The van der Waals surface area contributed by atoms with Gasteiger partial charge in [0, 0.05) is 12.6 Å². The highest BCUT2D eigenvalue weighted by atomic mass is 15.4. The van der Waals surface area contributed by atoms with E-state index in [2.05, 4.69) is 13.8 Å². The van der Waals surface area contributed by atoms with Gasteiger partial charge in [-0.25, -0.2) is 5.01 Å². The average Bonchev–Trinajstić information content (AvgIpc) is 2.15. The molecule has 1 aliphatic rings. The van der Waals surface area contributed by atoms with Crippen LogP contribution in [-0.2, 0) is 0 Å². The molecule has 0 spiro atoms. The Balaban J connectivity index is 2.26. The second kappa shape index (κ2) is 3.35. The summed E-state index contributed by atoms with van der Waals surface area (Å²) in [4.78, 5) is 0. The highest BCUT2D eigenvalue weighted by Crippen LogP contribution is 2.19. The van der Waals surface area contributed by atoms with Gasteiger partial charge in [-0.1, -0.05) is 13.8 Å². The van der Waals surface area contributed by atoms with Gasteiger partial charge in [0.05, 0.1) is 0 Å². The van der Waals surface area contributed by atoms with Crippen molar-refractivity contribution in [2.24, 2.45) is 11.8 Å². The maximum Gasteiger partial charge on any atom is 0.0244 e. The molecule has 1 saturated heterocycles. The van der Waals surface area contributed by atoms with Crippen LogP contribution in [0.3, 0.4) is 0 Å². The molecule has 2 heteroatoms. The van der Waals surface area contributed by atoms with Gasteiger partial charge in [0.2, 0.25) is 0 Å². The van der Waals surface area contributed by atoms with Crippen LogP contribution in [0.25, 0.3) is 0 Å². The van der Waals surface area contributed by atoms with E-state index in [4.69, 9.17) is 5.84 Å². The molecule has 1 rings (SSSR count). The highest BCUT2D eigenvalue weighted by Gasteiger charge is 2.21. The van der Waals surface area contributed by atoms with Crippen LogP contribution in [0.15, 0.2) is 0 Å². The fraction of sp³-hybridized carbons (Fsp3) is 1.00. The number of hydrogen-bond acceptors (Lipinski definition) is 2. The molecule has 1 heterocycles. The van der Waals surface area contributed by atoms with Crippen LogP contribution in [0.2, 0.25) is 0 Å². The summed E-state index contributed by atoms with van der Waals surface area (Å²) < 4.78 is 0. The standard InChI is InChI=1S/C8H18N2/c1-7(2)6-8-4-3-5-10(8)9/h7-8H,3-6,9H2,1-2H3. The zero-order chi connectivity index (χ0) is 7.56. The molecule has 0 aromatic rings. The smallest absolute Gasteiger partial charge is 0.0244 e. The third-order valence-corrected chi connectivity index (χ3v) is 2.17. The zero-order valence-corrected chi connectivity index (χ0v) is 7.01. The average molecular weight is 142 g/mol. The van der Waals surface area contributed by atoms with E-state index < -0.39 is 0 Å². The molecule has 0 aromatic carbocycles. The molecule has 1 unspecified atom stereocenters. The maximum atomic E-state index is 5.76. The third kappa shape index (κ3) is 1.96. The Morgan fingerprint density at radius 2 is 2.30 bits per heavy atom. The summed E-state index contributed by atoms with van der Waals surface area (Å²) in [6, 6.07) is 0.667. The van der Waals surface area contributed by atoms with Gasteiger partial charge in [-0.2, -0.15) is 0 Å². The van der Waals surface area contributed by atoms with E-state index in [1.165, 1.54) is 19.3 Å². The lowest BCUT2D eigenvalue weighted by Crippen LogP contribution is -2.36. The Kier molecular flexibility index (Phi) is 2.69. The van der Waals surface area contributed by atoms with Gasteiger partial charge in [-0.3, -0.25) is 5.84 Å². The van der Waals surface area contributed by atoms with Gasteiger partial charge < -0.3 is 0 Å². The summed E-state index contributed by atoms with van der Waals surface area (Å²) in [7, 11) is 0. The van der Waals surface area contributed by atoms with Crippen LogP contribution < -0.4 is 5.84 Å². The topological polar surface area (TPSA) is 29.3 Å². The van der Waals surface area contributed by atoms with E-state index >= 15 is 0 Å². The van der Waals surface area contributed by atoms with Crippen LogP contribution in [-0.4, -0.2) is 17.6 Å². The minimum absolute atomic E-state index is 0.667. The van der Waals surface area contributed by atoms with Crippen LogP contribution in [0, 0.1) is 5.92 Å². The van der Waals surface area contributed by atoms with Crippen LogP contribution in [0.1, 0.15) is 33.1 Å². The number of nitrogens with zero attached hydrogens (tertiary/aromatic N) is 1. The zero-order valence-electron chi connectivity index (χ0n) is 7.01. The predicted octanol–water partition coefficient (Wildman–Crippen LogP) is 1.37. The van der Waals surface area contributed by atoms with E-state index in [1.807, 2.05) is 5.01 Å². The molecule has 0 amide bonds. The number of hydrogen-bond donors (Lipinski definition) is 1. The van der Waals surface area contributed by atoms with Gasteiger partial charge in [0.1, 0.15) is 0 Å². The van der Waals surface area contributed by atoms with Crippen molar-refractivity contribution < 1.29 is 0 Å². The van der Waals surface area contributed by atoms with Gasteiger partial charge in [-0.05, 0) is 25.2 Å². The number of nitrogens with two attached hydrogens (primary N) is 1. The first-order valence-electron chi connectivity index (χ1n) is 4.21. The molecule has 0 saturated carbocycles. The Bertz CT molecular complexity index is 101. The molecule has 10 heavy (non-hydrogen) atoms. The van der Waals surface area contributed by atoms with Crippen molar-refractivity contribution in [2.75, 3.05) is 6.54 Å². The lowest BCUT2D eigenvalue weighted by molar-refractivity contribution is 0.232. The molecular formula is C8H18N2. The van der Waals surface area contributed by atoms with Crippen LogP contribution in [0.5, 0.6) is 0 Å². The summed E-state index contributed by atoms with van der Waals surface area (Å²) in [5.74, 6) is 6.55. The fourth-order valence-corrected chi connectivity index (χ4v) is 1.66. The van der Waals surface area contributed by atoms with Gasteiger partial charge in [0.15, 0.2) is 0 Å². The summed E-state index contributed by atoms with van der Waals surface area (Å²) in [6.07, 6.45) is 3.85. The molecule has 0 aliphatic carbocycles. The van der Waals surface area contributed by atoms with Crippen molar-refractivity contribution in [1.82, 2.24) is 5.01 Å².